The maximum absolute atomic E-state index is 11.7. The summed E-state index contributed by atoms with van der Waals surface area (Å²) in [5, 5.41) is 5.45. The van der Waals surface area contributed by atoms with Crippen molar-refractivity contribution >= 4 is 17.5 Å². The van der Waals surface area contributed by atoms with Crippen LogP contribution < -0.4 is 16.4 Å². The summed E-state index contributed by atoms with van der Waals surface area (Å²) in [5.41, 5.74) is 6.34. The summed E-state index contributed by atoms with van der Waals surface area (Å²) in [6.07, 6.45) is 0.221. The predicted molar refractivity (Wildman–Crippen MR) is 76.0 cm³/mol. The lowest BCUT2D eigenvalue weighted by atomic mass is 10.0. The van der Waals surface area contributed by atoms with Crippen LogP contribution in [0.2, 0.25) is 0 Å². The second kappa shape index (κ2) is 6.33. The first-order valence-corrected chi connectivity index (χ1v) is 6.29. The Balaban J connectivity index is 2.72. The van der Waals surface area contributed by atoms with Gasteiger partial charge in [-0.3, -0.25) is 9.59 Å². The minimum absolute atomic E-state index is 0.155. The van der Waals surface area contributed by atoms with Gasteiger partial charge in [0.25, 0.3) is 5.91 Å². The summed E-state index contributed by atoms with van der Waals surface area (Å²) in [6, 6.07) is 6.82. The van der Waals surface area contributed by atoms with Gasteiger partial charge in [0.15, 0.2) is 0 Å². The molecule has 0 unspecified atom stereocenters. The normalized spacial score (nSPS) is 10.9. The Morgan fingerprint density at radius 3 is 2.58 bits per heavy atom. The van der Waals surface area contributed by atoms with Gasteiger partial charge in [0.1, 0.15) is 0 Å². The van der Waals surface area contributed by atoms with Crippen LogP contribution in [-0.4, -0.2) is 23.9 Å². The van der Waals surface area contributed by atoms with Gasteiger partial charge in [0, 0.05) is 29.8 Å². The Bertz CT molecular complexity index is 464. The van der Waals surface area contributed by atoms with Gasteiger partial charge < -0.3 is 16.4 Å². The molecule has 1 rings (SSSR count). The molecular formula is C14H21N3O2. The number of hydrogen-bond acceptors (Lipinski definition) is 3. The molecule has 0 radical (unpaired) electrons. The molecule has 0 aromatic heterocycles. The highest BCUT2D eigenvalue weighted by atomic mass is 16.2. The van der Waals surface area contributed by atoms with E-state index in [0.717, 1.165) is 0 Å². The molecule has 5 heteroatoms. The zero-order chi connectivity index (χ0) is 14.5. The zero-order valence-corrected chi connectivity index (χ0v) is 11.6. The second-order valence-electron chi connectivity index (χ2n) is 5.15. The smallest absolute Gasteiger partial charge is 0.251 e. The summed E-state index contributed by atoms with van der Waals surface area (Å²) in [6.45, 7) is 6.00. The third kappa shape index (κ3) is 5.52. The van der Waals surface area contributed by atoms with Crippen LogP contribution in [-0.2, 0) is 4.79 Å². The minimum Gasteiger partial charge on any atom is -0.352 e. The molecule has 5 nitrogen and oxygen atoms in total. The van der Waals surface area contributed by atoms with Crippen molar-refractivity contribution in [2.75, 3.05) is 11.9 Å². The highest BCUT2D eigenvalue weighted by Crippen LogP contribution is 2.12. The van der Waals surface area contributed by atoms with Gasteiger partial charge in [-0.15, -0.1) is 0 Å². The molecule has 0 saturated heterocycles. The van der Waals surface area contributed by atoms with E-state index < -0.39 is 5.54 Å². The molecule has 104 valence electrons. The number of rotatable bonds is 5. The summed E-state index contributed by atoms with van der Waals surface area (Å²) in [5.74, 6) is -0.321. The van der Waals surface area contributed by atoms with Crippen molar-refractivity contribution in [2.24, 2.45) is 5.73 Å². The average molecular weight is 263 g/mol. The Morgan fingerprint density at radius 1 is 1.32 bits per heavy atom. The molecule has 2 amide bonds. The molecule has 0 aliphatic heterocycles. The van der Waals surface area contributed by atoms with E-state index in [1.807, 2.05) is 6.92 Å². The molecule has 0 aliphatic rings. The molecule has 4 N–H and O–H groups in total. The molecule has 1 aromatic carbocycles. The Labute approximate surface area is 113 Å². The van der Waals surface area contributed by atoms with Gasteiger partial charge in [-0.05, 0) is 39.0 Å². The quantitative estimate of drug-likeness (QED) is 0.752. The maximum atomic E-state index is 11.7. The molecule has 0 bridgehead atoms. The molecule has 0 atom stereocenters. The van der Waals surface area contributed by atoms with E-state index in [1.165, 1.54) is 0 Å². The third-order valence-electron chi connectivity index (χ3n) is 2.36. The van der Waals surface area contributed by atoms with Gasteiger partial charge in [-0.1, -0.05) is 6.07 Å². The molecule has 0 spiro atoms. The standard InChI is InChI=1S/C14H21N3O2/c1-4-16-13(19)10-6-5-7-11(8-10)17-12(18)9-14(2,3)15/h5-8H,4,9,15H2,1-3H3,(H,16,19)(H,17,18). The van der Waals surface area contributed by atoms with E-state index in [2.05, 4.69) is 10.6 Å². The lowest BCUT2D eigenvalue weighted by Crippen LogP contribution is -2.36. The molecule has 0 aliphatic carbocycles. The maximum Gasteiger partial charge on any atom is 0.251 e. The number of anilines is 1. The molecule has 0 fully saturated rings. The van der Waals surface area contributed by atoms with Crippen LogP contribution >= 0.6 is 0 Å². The van der Waals surface area contributed by atoms with Crippen molar-refractivity contribution in [1.29, 1.82) is 0 Å². The summed E-state index contributed by atoms with van der Waals surface area (Å²) in [4.78, 5) is 23.4. The van der Waals surface area contributed by atoms with Crippen LogP contribution in [0.4, 0.5) is 5.69 Å². The van der Waals surface area contributed by atoms with Gasteiger partial charge in [0.05, 0.1) is 0 Å². The number of carbonyl (C=O) groups excluding carboxylic acids is 2. The number of carbonyl (C=O) groups is 2. The monoisotopic (exact) mass is 263 g/mol. The first-order chi connectivity index (χ1) is 8.81. The van der Waals surface area contributed by atoms with E-state index in [0.29, 0.717) is 17.8 Å². The Hall–Kier alpha value is -1.88. The predicted octanol–water partition coefficient (Wildman–Crippen LogP) is 1.50. The first kappa shape index (κ1) is 15.2. The highest BCUT2D eigenvalue weighted by Gasteiger charge is 2.16. The van der Waals surface area contributed by atoms with Gasteiger partial charge in [0.2, 0.25) is 5.91 Å². The number of benzene rings is 1. The van der Waals surface area contributed by atoms with E-state index >= 15 is 0 Å². The van der Waals surface area contributed by atoms with Crippen LogP contribution in [0.25, 0.3) is 0 Å². The fourth-order valence-electron chi connectivity index (χ4n) is 1.62. The topological polar surface area (TPSA) is 84.2 Å². The largest absolute Gasteiger partial charge is 0.352 e. The minimum atomic E-state index is -0.554. The van der Waals surface area contributed by atoms with Crippen LogP contribution in [0, 0.1) is 0 Å². The number of nitrogens with two attached hydrogens (primary N) is 1. The van der Waals surface area contributed by atoms with Gasteiger partial charge in [-0.25, -0.2) is 0 Å². The van der Waals surface area contributed by atoms with Crippen LogP contribution in [0.15, 0.2) is 24.3 Å². The van der Waals surface area contributed by atoms with E-state index in [4.69, 9.17) is 5.73 Å². The Kier molecular flexibility index (Phi) is 5.06. The highest BCUT2D eigenvalue weighted by molar-refractivity contribution is 5.97. The molecule has 0 saturated carbocycles. The zero-order valence-electron chi connectivity index (χ0n) is 11.6. The van der Waals surface area contributed by atoms with Crippen LogP contribution in [0.1, 0.15) is 37.6 Å². The van der Waals surface area contributed by atoms with Gasteiger partial charge in [-0.2, -0.15) is 0 Å². The lowest BCUT2D eigenvalue weighted by molar-refractivity contribution is -0.117. The van der Waals surface area contributed by atoms with Crippen molar-refractivity contribution in [3.05, 3.63) is 29.8 Å². The average Bonchev–Trinajstić information content (AvgIpc) is 2.27. The SMILES string of the molecule is CCNC(=O)c1cccc(NC(=O)CC(C)(C)N)c1. The van der Waals surface area contributed by atoms with E-state index in [-0.39, 0.29) is 18.2 Å². The van der Waals surface area contributed by atoms with Crippen LogP contribution in [0.3, 0.4) is 0 Å². The Morgan fingerprint density at radius 2 is 2.00 bits per heavy atom. The fraction of sp³-hybridized carbons (Fsp3) is 0.429. The summed E-state index contributed by atoms with van der Waals surface area (Å²) in [7, 11) is 0. The molecular weight excluding hydrogens is 242 g/mol. The van der Waals surface area contributed by atoms with Crippen molar-refractivity contribution in [1.82, 2.24) is 5.32 Å². The van der Waals surface area contributed by atoms with E-state index in [9.17, 15) is 9.59 Å². The van der Waals surface area contributed by atoms with Crippen molar-refractivity contribution < 1.29 is 9.59 Å². The number of nitrogens with one attached hydrogen (secondary N) is 2. The second-order valence-corrected chi connectivity index (χ2v) is 5.15. The van der Waals surface area contributed by atoms with Crippen molar-refractivity contribution in [3.8, 4) is 0 Å². The first-order valence-electron chi connectivity index (χ1n) is 6.29. The molecule has 1 aromatic rings. The van der Waals surface area contributed by atoms with Crippen LogP contribution in [0.5, 0.6) is 0 Å². The lowest BCUT2D eigenvalue weighted by Gasteiger charge is -2.17. The van der Waals surface area contributed by atoms with E-state index in [1.54, 1.807) is 38.1 Å². The third-order valence-corrected chi connectivity index (χ3v) is 2.36. The summed E-state index contributed by atoms with van der Waals surface area (Å²) < 4.78 is 0. The summed E-state index contributed by atoms with van der Waals surface area (Å²) >= 11 is 0. The van der Waals surface area contributed by atoms with Crippen molar-refractivity contribution in [2.45, 2.75) is 32.7 Å². The van der Waals surface area contributed by atoms with Crippen molar-refractivity contribution in [3.63, 3.8) is 0 Å². The fourth-order valence-corrected chi connectivity index (χ4v) is 1.62. The number of amides is 2. The van der Waals surface area contributed by atoms with Gasteiger partial charge >= 0.3 is 0 Å². The number of hydrogen-bond donors (Lipinski definition) is 3. The molecule has 0 heterocycles. The molecule has 19 heavy (non-hydrogen) atoms.